The van der Waals surface area contributed by atoms with Crippen LogP contribution in [0.5, 0.6) is 0 Å². The molecule has 1 fully saturated rings. The number of alkyl halides is 2. The van der Waals surface area contributed by atoms with Crippen LogP contribution in [0.25, 0.3) is 0 Å². The van der Waals surface area contributed by atoms with Gasteiger partial charge in [-0.3, -0.25) is 4.79 Å². The zero-order chi connectivity index (χ0) is 13.7. The summed E-state index contributed by atoms with van der Waals surface area (Å²) >= 11 is 0. The lowest BCUT2D eigenvalue weighted by Gasteiger charge is -2.17. The Labute approximate surface area is 111 Å². The van der Waals surface area contributed by atoms with E-state index >= 15 is 0 Å². The van der Waals surface area contributed by atoms with Crippen molar-refractivity contribution in [2.45, 2.75) is 38.3 Å². The Morgan fingerprint density at radius 3 is 3.16 bits per heavy atom. The van der Waals surface area contributed by atoms with Gasteiger partial charge in [0.2, 0.25) is 0 Å². The van der Waals surface area contributed by atoms with Gasteiger partial charge in [0.05, 0.1) is 6.54 Å². The van der Waals surface area contributed by atoms with Crippen molar-refractivity contribution in [1.29, 1.82) is 0 Å². The van der Waals surface area contributed by atoms with Crippen LogP contribution in [-0.4, -0.2) is 36.0 Å². The van der Waals surface area contributed by atoms with Crippen molar-refractivity contribution >= 4 is 5.91 Å². The number of nitrogens with one attached hydrogen (secondary N) is 2. The van der Waals surface area contributed by atoms with Crippen molar-refractivity contribution in [3.05, 3.63) is 24.0 Å². The molecule has 0 bridgehead atoms. The third-order valence-corrected chi connectivity index (χ3v) is 3.28. The number of carbonyl (C=O) groups is 1. The summed E-state index contributed by atoms with van der Waals surface area (Å²) in [5.74, 6) is -0.278. The smallest absolute Gasteiger partial charge is 0.268 e. The highest BCUT2D eigenvalue weighted by atomic mass is 19.3. The number of hydrogen-bond acceptors (Lipinski definition) is 2. The normalized spacial score (nSPS) is 20.3. The van der Waals surface area contributed by atoms with Crippen LogP contribution in [0.1, 0.15) is 29.8 Å². The summed E-state index contributed by atoms with van der Waals surface area (Å²) in [6.45, 7) is 1.26. The highest BCUT2D eigenvalue weighted by molar-refractivity contribution is 5.92. The van der Waals surface area contributed by atoms with E-state index in [0.717, 1.165) is 32.4 Å². The van der Waals surface area contributed by atoms with Crippen LogP contribution in [-0.2, 0) is 6.54 Å². The van der Waals surface area contributed by atoms with Gasteiger partial charge in [-0.05, 0) is 31.5 Å². The van der Waals surface area contributed by atoms with E-state index in [1.54, 1.807) is 12.1 Å². The molecule has 0 radical (unpaired) electrons. The van der Waals surface area contributed by atoms with Crippen molar-refractivity contribution in [3.8, 4) is 0 Å². The first-order valence-corrected chi connectivity index (χ1v) is 6.61. The number of halogens is 2. The van der Waals surface area contributed by atoms with Gasteiger partial charge >= 0.3 is 0 Å². The second-order valence-electron chi connectivity index (χ2n) is 4.81. The molecule has 6 heteroatoms. The quantitative estimate of drug-likeness (QED) is 0.874. The second kappa shape index (κ2) is 6.65. The summed E-state index contributed by atoms with van der Waals surface area (Å²) in [7, 11) is 0. The topological polar surface area (TPSA) is 46.1 Å². The Balaban J connectivity index is 1.97. The van der Waals surface area contributed by atoms with E-state index in [1.165, 1.54) is 10.8 Å². The fourth-order valence-corrected chi connectivity index (χ4v) is 2.33. The minimum Gasteiger partial charge on any atom is -0.347 e. The number of aromatic nitrogens is 1. The molecule has 2 rings (SSSR count). The molecule has 2 N–H and O–H groups in total. The van der Waals surface area contributed by atoms with Gasteiger partial charge in [0.1, 0.15) is 5.69 Å². The van der Waals surface area contributed by atoms with E-state index < -0.39 is 13.0 Å². The molecule has 1 atom stereocenters. The molecule has 1 unspecified atom stereocenters. The molecule has 1 amide bonds. The maximum Gasteiger partial charge on any atom is 0.268 e. The maximum absolute atomic E-state index is 12.4. The van der Waals surface area contributed by atoms with Crippen LogP contribution in [0, 0.1) is 0 Å². The summed E-state index contributed by atoms with van der Waals surface area (Å²) in [6.07, 6.45) is 2.14. The van der Waals surface area contributed by atoms with E-state index in [0.29, 0.717) is 5.69 Å². The van der Waals surface area contributed by atoms with Gasteiger partial charge in [-0.2, -0.15) is 0 Å². The molecule has 0 saturated carbocycles. The second-order valence-corrected chi connectivity index (χ2v) is 4.81. The van der Waals surface area contributed by atoms with E-state index in [1.807, 2.05) is 0 Å². The molecule has 2 heterocycles. The first kappa shape index (κ1) is 14.0. The van der Waals surface area contributed by atoms with E-state index in [9.17, 15) is 13.6 Å². The third-order valence-electron chi connectivity index (χ3n) is 3.28. The zero-order valence-corrected chi connectivity index (χ0v) is 10.7. The zero-order valence-electron chi connectivity index (χ0n) is 10.7. The maximum atomic E-state index is 12.4. The molecule has 1 aliphatic heterocycles. The minimum absolute atomic E-state index is 0.0740. The van der Waals surface area contributed by atoms with Crippen molar-refractivity contribution in [2.75, 3.05) is 13.1 Å². The lowest BCUT2D eigenvalue weighted by atomic mass is 10.1. The fourth-order valence-electron chi connectivity index (χ4n) is 2.33. The van der Waals surface area contributed by atoms with Gasteiger partial charge in [0.25, 0.3) is 12.3 Å². The number of nitrogens with zero attached hydrogens (tertiary/aromatic N) is 1. The highest BCUT2D eigenvalue weighted by Crippen LogP contribution is 2.09. The Kier molecular flexibility index (Phi) is 4.90. The van der Waals surface area contributed by atoms with Gasteiger partial charge in [0.15, 0.2) is 0 Å². The average molecular weight is 271 g/mol. The molecule has 0 aliphatic carbocycles. The molecule has 1 aromatic rings. The lowest BCUT2D eigenvalue weighted by Crippen LogP contribution is -2.41. The Morgan fingerprint density at radius 1 is 1.53 bits per heavy atom. The van der Waals surface area contributed by atoms with E-state index in [-0.39, 0.29) is 11.9 Å². The fraction of sp³-hybridized carbons (Fsp3) is 0.615. The summed E-state index contributed by atoms with van der Waals surface area (Å²) in [5.41, 5.74) is 0.296. The van der Waals surface area contributed by atoms with E-state index in [4.69, 9.17) is 0 Å². The summed E-state index contributed by atoms with van der Waals surface area (Å²) < 4.78 is 26.1. The van der Waals surface area contributed by atoms with Crippen LogP contribution >= 0.6 is 0 Å². The molecule has 1 saturated heterocycles. The predicted octanol–water partition coefficient (Wildman–Crippen LogP) is 1.63. The van der Waals surface area contributed by atoms with Crippen LogP contribution in [0.2, 0.25) is 0 Å². The Morgan fingerprint density at radius 2 is 2.37 bits per heavy atom. The first-order valence-electron chi connectivity index (χ1n) is 6.61. The van der Waals surface area contributed by atoms with Crippen LogP contribution < -0.4 is 10.6 Å². The molecule has 1 aromatic heterocycles. The standard InChI is InChI=1S/C13H19F2N3O/c14-12(15)9-18-7-3-5-11(18)13(19)17-10-4-1-2-6-16-8-10/h3,5,7,10,12,16H,1-2,4,6,8-9H2,(H,17,19). The van der Waals surface area contributed by atoms with Crippen LogP contribution in [0.3, 0.4) is 0 Å². The summed E-state index contributed by atoms with van der Waals surface area (Å²) in [5, 5.41) is 6.16. The largest absolute Gasteiger partial charge is 0.347 e. The monoisotopic (exact) mass is 271 g/mol. The number of carbonyl (C=O) groups excluding carboxylic acids is 1. The summed E-state index contributed by atoms with van der Waals surface area (Å²) in [4.78, 5) is 12.1. The van der Waals surface area contributed by atoms with Crippen LogP contribution in [0.15, 0.2) is 18.3 Å². The van der Waals surface area contributed by atoms with Gasteiger partial charge in [-0.25, -0.2) is 8.78 Å². The molecule has 106 valence electrons. The molecule has 1 aliphatic rings. The molecular formula is C13H19F2N3O. The number of rotatable bonds is 4. The minimum atomic E-state index is -2.46. The van der Waals surface area contributed by atoms with Gasteiger partial charge < -0.3 is 15.2 Å². The van der Waals surface area contributed by atoms with E-state index in [2.05, 4.69) is 10.6 Å². The summed E-state index contributed by atoms with van der Waals surface area (Å²) in [6, 6.07) is 3.26. The van der Waals surface area contributed by atoms with Crippen molar-refractivity contribution in [1.82, 2.24) is 15.2 Å². The highest BCUT2D eigenvalue weighted by Gasteiger charge is 2.18. The third kappa shape index (κ3) is 4.02. The number of amides is 1. The lowest BCUT2D eigenvalue weighted by molar-refractivity contribution is 0.0913. The Hall–Kier alpha value is -1.43. The van der Waals surface area contributed by atoms with Crippen molar-refractivity contribution in [3.63, 3.8) is 0 Å². The molecule has 0 aromatic carbocycles. The SMILES string of the molecule is O=C(NC1CCCCNC1)c1cccn1CC(F)F. The average Bonchev–Trinajstić information content (AvgIpc) is 2.65. The van der Waals surface area contributed by atoms with Crippen molar-refractivity contribution < 1.29 is 13.6 Å². The Bertz CT molecular complexity index is 412. The van der Waals surface area contributed by atoms with Crippen LogP contribution in [0.4, 0.5) is 8.78 Å². The first-order chi connectivity index (χ1) is 9.16. The van der Waals surface area contributed by atoms with Gasteiger partial charge in [-0.1, -0.05) is 6.42 Å². The van der Waals surface area contributed by atoms with Gasteiger partial charge in [0, 0.05) is 18.8 Å². The molecular weight excluding hydrogens is 252 g/mol. The molecule has 0 spiro atoms. The molecule has 19 heavy (non-hydrogen) atoms. The number of hydrogen-bond donors (Lipinski definition) is 2. The molecule has 4 nitrogen and oxygen atoms in total. The predicted molar refractivity (Wildman–Crippen MR) is 68.4 cm³/mol. The van der Waals surface area contributed by atoms with Crippen molar-refractivity contribution in [2.24, 2.45) is 0 Å². The van der Waals surface area contributed by atoms with Gasteiger partial charge in [-0.15, -0.1) is 0 Å².